The average Bonchev–Trinajstić information content (AvgIpc) is 3.10. The van der Waals surface area contributed by atoms with Crippen LogP contribution in [0.25, 0.3) is 0 Å². The maximum atomic E-state index is 6.46. The fraction of sp³-hybridized carbons (Fsp3) is 0.471. The summed E-state index contributed by atoms with van der Waals surface area (Å²) in [7, 11) is 0. The molecule has 0 radical (unpaired) electrons. The predicted octanol–water partition coefficient (Wildman–Crippen LogP) is 2.70. The molecule has 2 heterocycles. The Balaban J connectivity index is 1.77. The first-order chi connectivity index (χ1) is 10.4. The van der Waals surface area contributed by atoms with Crippen LogP contribution in [0.15, 0.2) is 40.9 Å². The van der Waals surface area contributed by atoms with E-state index in [9.17, 15) is 0 Å². The first kappa shape index (κ1) is 12.7. The molecular formula is C17H20N2O2. The van der Waals surface area contributed by atoms with E-state index in [0.717, 1.165) is 43.3 Å². The molecular weight excluding hydrogens is 264 g/mol. The number of ether oxygens (including phenoxy) is 2. The topological polar surface area (TPSA) is 42.9 Å². The fourth-order valence-electron chi connectivity index (χ4n) is 3.35. The quantitative estimate of drug-likeness (QED) is 0.849. The van der Waals surface area contributed by atoms with Gasteiger partial charge in [-0.05, 0) is 43.4 Å². The highest BCUT2D eigenvalue weighted by Crippen LogP contribution is 2.41. The largest absolute Gasteiger partial charge is 0.485 e. The Morgan fingerprint density at radius 2 is 2.05 bits per heavy atom. The molecule has 0 saturated carbocycles. The van der Waals surface area contributed by atoms with Crippen molar-refractivity contribution in [3.63, 3.8) is 0 Å². The lowest BCUT2D eigenvalue weighted by molar-refractivity contribution is 0.0666. The van der Waals surface area contributed by atoms with E-state index in [2.05, 4.69) is 16.4 Å². The zero-order valence-corrected chi connectivity index (χ0v) is 12.1. The van der Waals surface area contributed by atoms with E-state index in [1.807, 2.05) is 24.3 Å². The molecule has 0 bridgehead atoms. The van der Waals surface area contributed by atoms with Crippen LogP contribution in [0.3, 0.4) is 0 Å². The van der Waals surface area contributed by atoms with E-state index < -0.39 is 5.60 Å². The summed E-state index contributed by atoms with van der Waals surface area (Å²) in [4.78, 5) is 4.64. The molecule has 1 unspecified atom stereocenters. The molecule has 0 amide bonds. The van der Waals surface area contributed by atoms with Gasteiger partial charge in [0.05, 0.1) is 6.54 Å². The van der Waals surface area contributed by atoms with Crippen LogP contribution in [0.2, 0.25) is 0 Å². The second kappa shape index (κ2) is 5.10. The lowest BCUT2D eigenvalue weighted by Crippen LogP contribution is -2.57. The fourth-order valence-corrected chi connectivity index (χ4v) is 3.35. The normalized spacial score (nSPS) is 27.6. The maximum Gasteiger partial charge on any atom is 0.220 e. The molecule has 4 heteroatoms. The van der Waals surface area contributed by atoms with Gasteiger partial charge in [0.1, 0.15) is 12.4 Å². The molecule has 21 heavy (non-hydrogen) atoms. The number of rotatable bonds is 2. The number of aliphatic imine (C=N–C) groups is 1. The summed E-state index contributed by atoms with van der Waals surface area (Å²) < 4.78 is 12.5. The van der Waals surface area contributed by atoms with Crippen molar-refractivity contribution >= 4 is 5.84 Å². The van der Waals surface area contributed by atoms with Crippen LogP contribution in [0.1, 0.15) is 25.7 Å². The Kier molecular flexibility index (Phi) is 3.09. The van der Waals surface area contributed by atoms with Gasteiger partial charge in [0, 0.05) is 6.54 Å². The molecule has 1 N–H and O–H groups in total. The van der Waals surface area contributed by atoms with Crippen LogP contribution < -0.4 is 14.8 Å². The molecule has 0 fully saturated rings. The minimum atomic E-state index is -0.550. The van der Waals surface area contributed by atoms with Crippen LogP contribution in [-0.4, -0.2) is 31.1 Å². The lowest BCUT2D eigenvalue weighted by Gasteiger charge is -2.41. The summed E-state index contributed by atoms with van der Waals surface area (Å²) in [5.41, 5.74) is 0.766. The van der Waals surface area contributed by atoms with Gasteiger partial charge in [0.15, 0.2) is 11.5 Å². The van der Waals surface area contributed by atoms with E-state index in [-0.39, 0.29) is 0 Å². The van der Waals surface area contributed by atoms with Gasteiger partial charge in [0.2, 0.25) is 5.60 Å². The third-order valence-corrected chi connectivity index (χ3v) is 4.43. The summed E-state index contributed by atoms with van der Waals surface area (Å²) in [5, 5.41) is 3.40. The van der Waals surface area contributed by atoms with E-state index in [1.54, 1.807) is 0 Å². The molecule has 1 aromatic carbocycles. The maximum absolute atomic E-state index is 6.46. The molecule has 110 valence electrons. The first-order valence-electron chi connectivity index (χ1n) is 7.78. The third kappa shape index (κ3) is 2.09. The third-order valence-electron chi connectivity index (χ3n) is 4.43. The Bertz CT molecular complexity index is 609. The van der Waals surface area contributed by atoms with Crippen molar-refractivity contribution in [1.82, 2.24) is 5.32 Å². The highest BCUT2D eigenvalue weighted by atomic mass is 16.6. The van der Waals surface area contributed by atoms with Crippen LogP contribution >= 0.6 is 0 Å². The number of allylic oxidation sites excluding steroid dienone is 1. The Hall–Kier alpha value is -1.97. The van der Waals surface area contributed by atoms with Crippen molar-refractivity contribution in [3.8, 4) is 11.5 Å². The number of amidine groups is 1. The number of fused-ring (bicyclic) bond motifs is 1. The zero-order chi connectivity index (χ0) is 14.1. The zero-order valence-electron chi connectivity index (χ0n) is 12.1. The van der Waals surface area contributed by atoms with Gasteiger partial charge in [-0.2, -0.15) is 0 Å². The Labute approximate surface area is 124 Å². The van der Waals surface area contributed by atoms with Crippen LogP contribution in [-0.2, 0) is 0 Å². The number of benzene rings is 1. The van der Waals surface area contributed by atoms with Crippen molar-refractivity contribution < 1.29 is 9.47 Å². The smallest absolute Gasteiger partial charge is 0.220 e. The van der Waals surface area contributed by atoms with E-state index in [4.69, 9.17) is 9.47 Å². The SMILES string of the molecule is C1=C(C2(C3=NCCN3)COc3ccccc3O2)CCCC1. The minimum absolute atomic E-state index is 0.502. The van der Waals surface area contributed by atoms with Gasteiger partial charge < -0.3 is 14.8 Å². The van der Waals surface area contributed by atoms with Gasteiger partial charge >= 0.3 is 0 Å². The molecule has 0 spiro atoms. The van der Waals surface area contributed by atoms with Crippen LogP contribution in [0, 0.1) is 0 Å². The molecule has 2 aliphatic heterocycles. The molecule has 0 aromatic heterocycles. The molecule has 4 rings (SSSR count). The summed E-state index contributed by atoms with van der Waals surface area (Å²) in [6.07, 6.45) is 6.98. The number of nitrogens with zero attached hydrogens (tertiary/aromatic N) is 1. The van der Waals surface area contributed by atoms with E-state index >= 15 is 0 Å². The Morgan fingerprint density at radius 1 is 1.14 bits per heavy atom. The monoisotopic (exact) mass is 284 g/mol. The van der Waals surface area contributed by atoms with Crippen molar-refractivity contribution in [2.24, 2.45) is 4.99 Å². The summed E-state index contributed by atoms with van der Waals surface area (Å²) in [6, 6.07) is 7.89. The number of nitrogens with one attached hydrogen (secondary N) is 1. The lowest BCUT2D eigenvalue weighted by atomic mass is 9.84. The highest BCUT2D eigenvalue weighted by Gasteiger charge is 2.47. The minimum Gasteiger partial charge on any atom is -0.485 e. The second-order valence-corrected chi connectivity index (χ2v) is 5.80. The average molecular weight is 284 g/mol. The first-order valence-corrected chi connectivity index (χ1v) is 7.78. The van der Waals surface area contributed by atoms with Crippen molar-refractivity contribution in [2.45, 2.75) is 31.3 Å². The second-order valence-electron chi connectivity index (χ2n) is 5.80. The van der Waals surface area contributed by atoms with Crippen molar-refractivity contribution in [2.75, 3.05) is 19.7 Å². The summed E-state index contributed by atoms with van der Waals surface area (Å²) in [5.74, 6) is 2.57. The molecule has 1 atom stereocenters. The van der Waals surface area contributed by atoms with Gasteiger partial charge in [-0.3, -0.25) is 4.99 Å². The van der Waals surface area contributed by atoms with Gasteiger partial charge in [-0.25, -0.2) is 0 Å². The van der Waals surface area contributed by atoms with Crippen molar-refractivity contribution in [3.05, 3.63) is 35.9 Å². The Morgan fingerprint density at radius 3 is 2.81 bits per heavy atom. The molecule has 4 nitrogen and oxygen atoms in total. The molecule has 0 saturated heterocycles. The van der Waals surface area contributed by atoms with Crippen LogP contribution in [0.4, 0.5) is 0 Å². The van der Waals surface area contributed by atoms with Gasteiger partial charge in [-0.15, -0.1) is 0 Å². The number of hydrogen-bond acceptors (Lipinski definition) is 4. The van der Waals surface area contributed by atoms with Crippen molar-refractivity contribution in [1.29, 1.82) is 0 Å². The van der Waals surface area contributed by atoms with Gasteiger partial charge in [0.25, 0.3) is 0 Å². The summed E-state index contributed by atoms with van der Waals surface area (Å²) in [6.45, 7) is 2.20. The summed E-state index contributed by atoms with van der Waals surface area (Å²) >= 11 is 0. The number of hydrogen-bond donors (Lipinski definition) is 1. The molecule has 3 aliphatic rings. The van der Waals surface area contributed by atoms with E-state index in [0.29, 0.717) is 6.61 Å². The molecule has 1 aromatic rings. The number of para-hydroxylation sites is 2. The molecule has 1 aliphatic carbocycles. The van der Waals surface area contributed by atoms with Gasteiger partial charge in [-0.1, -0.05) is 18.2 Å². The highest BCUT2D eigenvalue weighted by molar-refractivity contribution is 5.95. The standard InChI is InChI=1S/C17H20N2O2/c1-2-6-13(7-3-1)17(16-18-10-11-19-16)12-20-14-8-4-5-9-15(14)21-17/h4-6,8-9H,1-3,7,10-12H2,(H,18,19). The predicted molar refractivity (Wildman–Crippen MR) is 82.2 cm³/mol. The van der Waals surface area contributed by atoms with E-state index in [1.165, 1.54) is 18.4 Å². The van der Waals surface area contributed by atoms with Crippen LogP contribution in [0.5, 0.6) is 11.5 Å².